The van der Waals surface area contributed by atoms with Gasteiger partial charge >= 0.3 is 5.97 Å². The number of allylic oxidation sites excluding steroid dienone is 1. The molecule has 0 heterocycles. The van der Waals surface area contributed by atoms with Gasteiger partial charge in [0.1, 0.15) is 28.9 Å². The van der Waals surface area contributed by atoms with Crippen molar-refractivity contribution in [2.75, 3.05) is 14.1 Å². The number of phenolic OH excluding ortho intramolecular Hbond substituents is 1. The molecule has 0 saturated carbocycles. The molecule has 0 saturated heterocycles. The number of aliphatic hydroxyl groups excluding tert-OH is 2. The molecule has 1 aromatic rings. The third-order valence-corrected chi connectivity index (χ3v) is 8.12. The van der Waals surface area contributed by atoms with Crippen molar-refractivity contribution >= 4 is 29.0 Å². The molecule has 39 heavy (non-hydrogen) atoms. The predicted octanol–water partition coefficient (Wildman–Crippen LogP) is 1.65. The van der Waals surface area contributed by atoms with Crippen molar-refractivity contribution in [1.82, 2.24) is 4.90 Å². The maximum absolute atomic E-state index is 14.0. The van der Waals surface area contributed by atoms with E-state index in [0.29, 0.717) is 16.7 Å². The molecule has 11 nitrogen and oxygen atoms in total. The highest BCUT2D eigenvalue weighted by atomic mass is 16.5. The molecule has 6 N–H and O–H groups in total. The summed E-state index contributed by atoms with van der Waals surface area (Å²) < 4.78 is 5.79. The molecule has 1 aromatic carbocycles. The van der Waals surface area contributed by atoms with Gasteiger partial charge in [-0.2, -0.15) is 0 Å². The molecule has 0 fully saturated rings. The smallest absolute Gasteiger partial charge is 0.305 e. The minimum Gasteiger partial charge on any atom is -0.510 e. The quantitative estimate of drug-likeness (QED) is 0.271. The largest absolute Gasteiger partial charge is 0.510 e. The second-order valence-electron chi connectivity index (χ2n) is 10.6. The van der Waals surface area contributed by atoms with Gasteiger partial charge in [-0.3, -0.25) is 24.1 Å². The fraction of sp³-hybridized carbons (Fsp3) is 0.429. The number of ether oxygens (including phenoxy) is 1. The number of nitrogens with two attached hydrogens (primary N) is 1. The fourth-order valence-electron chi connectivity index (χ4n) is 6.31. The van der Waals surface area contributed by atoms with Gasteiger partial charge in [0, 0.05) is 23.5 Å². The second-order valence-corrected chi connectivity index (χ2v) is 10.6. The van der Waals surface area contributed by atoms with E-state index in [4.69, 9.17) is 10.5 Å². The minimum atomic E-state index is -2.97. The number of carbonyl (C=O) groups excluding carboxylic acids is 4. The van der Waals surface area contributed by atoms with Gasteiger partial charge in [0.15, 0.2) is 11.4 Å². The van der Waals surface area contributed by atoms with E-state index in [9.17, 15) is 39.6 Å². The van der Waals surface area contributed by atoms with Crippen LogP contribution in [0.5, 0.6) is 5.75 Å². The number of likely N-dealkylation sites (N-methyl/N-ethyl adjacent to an activating group) is 1. The van der Waals surface area contributed by atoms with Crippen molar-refractivity contribution in [2.45, 2.75) is 50.9 Å². The number of benzene rings is 1. The standard InChI is InChI=1S/C28H32N2O9/c1-7-14(31)39-24-15-11(4)13-9-8-12(10(2)3)21(32)16(13)22(33)17(15)25(35)28(38)19(24)20(30(5)6)23(34)18(26(28)36)27(29)37/h8-9,11,15,19-20,24,32,34-35,38H,2,7H2,1,3-6H3,(H2,29,37)/t11-,15+,19+,20-,24-,28-/m0/s1. The molecule has 6 atom stereocenters. The number of ketones is 2. The van der Waals surface area contributed by atoms with Crippen molar-refractivity contribution in [3.8, 4) is 5.75 Å². The Bertz CT molecular complexity index is 1410. The van der Waals surface area contributed by atoms with E-state index in [1.165, 1.54) is 25.9 Å². The van der Waals surface area contributed by atoms with Gasteiger partial charge < -0.3 is 30.9 Å². The minimum absolute atomic E-state index is 0.0873. The average molecular weight is 541 g/mol. The Morgan fingerprint density at radius 3 is 2.31 bits per heavy atom. The maximum Gasteiger partial charge on any atom is 0.305 e. The van der Waals surface area contributed by atoms with E-state index in [1.54, 1.807) is 26.0 Å². The lowest BCUT2D eigenvalue weighted by Crippen LogP contribution is -2.69. The molecular weight excluding hydrogens is 508 g/mol. The first-order valence-electron chi connectivity index (χ1n) is 12.5. The van der Waals surface area contributed by atoms with Crippen LogP contribution in [0, 0.1) is 11.8 Å². The molecule has 0 bridgehead atoms. The van der Waals surface area contributed by atoms with Crippen LogP contribution < -0.4 is 5.73 Å². The Hall–Kier alpha value is -3.96. The van der Waals surface area contributed by atoms with E-state index < -0.39 is 81.6 Å². The number of nitrogens with zero attached hydrogens (tertiary/aromatic N) is 1. The summed E-state index contributed by atoms with van der Waals surface area (Å²) in [6.07, 6.45) is -1.51. The van der Waals surface area contributed by atoms with E-state index in [2.05, 4.69) is 6.58 Å². The zero-order valence-electron chi connectivity index (χ0n) is 22.3. The summed E-state index contributed by atoms with van der Waals surface area (Å²) in [6.45, 7) is 8.67. The van der Waals surface area contributed by atoms with Crippen molar-refractivity contribution in [2.24, 2.45) is 17.6 Å². The molecule has 0 aromatic heterocycles. The lowest BCUT2D eigenvalue weighted by Gasteiger charge is -2.54. The third-order valence-electron chi connectivity index (χ3n) is 8.12. The molecule has 0 aliphatic heterocycles. The van der Waals surface area contributed by atoms with Crippen LogP contribution in [0.25, 0.3) is 5.57 Å². The molecule has 0 radical (unpaired) electrons. The zero-order valence-corrected chi connectivity index (χ0v) is 22.3. The number of aromatic hydroxyl groups is 1. The summed E-state index contributed by atoms with van der Waals surface area (Å²) in [4.78, 5) is 53.9. The van der Waals surface area contributed by atoms with Crippen LogP contribution in [0.15, 0.2) is 41.4 Å². The van der Waals surface area contributed by atoms with Crippen LogP contribution in [-0.2, 0) is 19.1 Å². The molecule has 3 aliphatic carbocycles. The van der Waals surface area contributed by atoms with Crippen LogP contribution in [0.1, 0.15) is 54.6 Å². The van der Waals surface area contributed by atoms with Crippen molar-refractivity contribution in [3.63, 3.8) is 0 Å². The van der Waals surface area contributed by atoms with Gasteiger partial charge in [0.2, 0.25) is 5.78 Å². The highest BCUT2D eigenvalue weighted by molar-refractivity contribution is 6.25. The third kappa shape index (κ3) is 3.71. The van der Waals surface area contributed by atoms with E-state index in [-0.39, 0.29) is 17.7 Å². The van der Waals surface area contributed by atoms with E-state index in [1.807, 2.05) is 0 Å². The van der Waals surface area contributed by atoms with Gasteiger partial charge in [0.25, 0.3) is 5.91 Å². The number of hydrogen-bond acceptors (Lipinski definition) is 10. The monoisotopic (exact) mass is 540 g/mol. The Morgan fingerprint density at radius 2 is 1.79 bits per heavy atom. The molecule has 208 valence electrons. The number of aliphatic hydroxyl groups is 3. The molecule has 1 amide bonds. The Morgan fingerprint density at radius 1 is 1.18 bits per heavy atom. The lowest BCUT2D eigenvalue weighted by molar-refractivity contribution is -0.180. The van der Waals surface area contributed by atoms with Crippen molar-refractivity contribution in [3.05, 3.63) is 58.1 Å². The number of esters is 1. The first kappa shape index (κ1) is 28.1. The summed E-state index contributed by atoms with van der Waals surface area (Å²) in [5.74, 6) is -9.87. The topological polar surface area (TPSA) is 188 Å². The van der Waals surface area contributed by atoms with Crippen molar-refractivity contribution < 1.29 is 44.3 Å². The number of carbonyl (C=O) groups is 4. The Balaban J connectivity index is 2.12. The zero-order chi connectivity index (χ0) is 29.3. The SMILES string of the molecule is C=C(C)c1ccc2c(c1O)C(=O)C1=C(O)[C@]3(O)C(=O)C(C(N)=O)=C(O)[C@@H](N(C)C)[C@@H]3[C@@H](OC(=O)CC)[C@@H]1[C@H]2C. The van der Waals surface area contributed by atoms with Gasteiger partial charge in [0.05, 0.1) is 17.5 Å². The van der Waals surface area contributed by atoms with Crippen LogP contribution in [0.2, 0.25) is 0 Å². The highest BCUT2D eigenvalue weighted by Crippen LogP contribution is 2.56. The van der Waals surface area contributed by atoms with Crippen LogP contribution in [0.3, 0.4) is 0 Å². The summed E-state index contributed by atoms with van der Waals surface area (Å²) in [6, 6.07) is 1.91. The van der Waals surface area contributed by atoms with Gasteiger partial charge in [-0.15, -0.1) is 0 Å². The fourth-order valence-corrected chi connectivity index (χ4v) is 6.31. The summed E-state index contributed by atoms with van der Waals surface area (Å²) in [5, 5.41) is 45.6. The molecule has 3 aliphatic rings. The number of primary amides is 1. The number of fused-ring (bicyclic) bond motifs is 3. The number of amides is 1. The van der Waals surface area contributed by atoms with Crippen LogP contribution in [0.4, 0.5) is 0 Å². The number of rotatable bonds is 5. The summed E-state index contributed by atoms with van der Waals surface area (Å²) in [7, 11) is 2.99. The average Bonchev–Trinajstić information content (AvgIpc) is 2.84. The van der Waals surface area contributed by atoms with Crippen LogP contribution >= 0.6 is 0 Å². The van der Waals surface area contributed by atoms with Gasteiger partial charge in [-0.25, -0.2) is 0 Å². The molecule has 4 rings (SSSR count). The Labute approximate surface area is 224 Å². The highest BCUT2D eigenvalue weighted by Gasteiger charge is 2.68. The number of Topliss-reactive ketones (excluding diaryl/α,β-unsaturated/α-hetero) is 2. The maximum atomic E-state index is 14.0. The van der Waals surface area contributed by atoms with E-state index >= 15 is 0 Å². The Kier molecular flexibility index (Phi) is 6.73. The predicted molar refractivity (Wildman–Crippen MR) is 139 cm³/mol. The molecule has 11 heteroatoms. The van der Waals surface area contributed by atoms with Gasteiger partial charge in [-0.05, 0) is 38.1 Å². The van der Waals surface area contributed by atoms with Crippen molar-refractivity contribution in [1.29, 1.82) is 0 Å². The second kappa shape index (κ2) is 9.35. The lowest BCUT2D eigenvalue weighted by atomic mass is 9.55. The first-order chi connectivity index (χ1) is 18.1. The summed E-state index contributed by atoms with van der Waals surface area (Å²) in [5.41, 5.74) is 2.04. The number of phenols is 1. The number of hydrogen-bond donors (Lipinski definition) is 5. The first-order valence-corrected chi connectivity index (χ1v) is 12.5. The molecular formula is C28H32N2O9. The van der Waals surface area contributed by atoms with E-state index in [0.717, 1.165) is 0 Å². The molecule has 0 spiro atoms. The molecule has 0 unspecified atom stereocenters. The van der Waals surface area contributed by atoms with Gasteiger partial charge in [-0.1, -0.05) is 32.6 Å². The van der Waals surface area contributed by atoms with Crippen LogP contribution in [-0.4, -0.2) is 80.6 Å². The normalized spacial score (nSPS) is 30.1. The summed E-state index contributed by atoms with van der Waals surface area (Å²) >= 11 is 0.